The maximum absolute atomic E-state index is 13.0. The first-order chi connectivity index (χ1) is 17.0. The van der Waals surface area contributed by atoms with Crippen LogP contribution < -0.4 is 10.2 Å². The molecule has 2 aliphatic rings. The van der Waals surface area contributed by atoms with Crippen molar-refractivity contribution in [3.63, 3.8) is 0 Å². The van der Waals surface area contributed by atoms with E-state index in [-0.39, 0.29) is 23.6 Å². The zero-order valence-corrected chi connectivity index (χ0v) is 21.9. The average molecular weight is 516 g/mol. The number of piperazine rings is 1. The number of amides is 2. The number of aromatic nitrogens is 2. The smallest absolute Gasteiger partial charge is 0.230 e. The van der Waals surface area contributed by atoms with E-state index in [4.69, 9.17) is 11.6 Å². The first-order valence-electron chi connectivity index (χ1n) is 12.5. The molecule has 1 aromatic heterocycles. The molecule has 0 radical (unpaired) electrons. The summed E-state index contributed by atoms with van der Waals surface area (Å²) >= 11 is 7.58. The number of nitrogens with one attached hydrogen (secondary N) is 1. The maximum Gasteiger partial charge on any atom is 0.230 e. The summed E-state index contributed by atoms with van der Waals surface area (Å²) in [6.45, 7) is 4.79. The Labute approximate surface area is 217 Å². The summed E-state index contributed by atoms with van der Waals surface area (Å²) in [5.41, 5.74) is 1.19. The van der Waals surface area contributed by atoms with Crippen molar-refractivity contribution < 1.29 is 9.59 Å². The largest absolute Gasteiger partial charge is 0.355 e. The number of rotatable bonds is 8. The number of benzene rings is 1. The molecule has 35 heavy (non-hydrogen) atoms. The third-order valence-corrected chi connectivity index (χ3v) is 7.80. The molecule has 1 aliphatic carbocycles. The molecule has 1 atom stereocenters. The van der Waals surface area contributed by atoms with Gasteiger partial charge >= 0.3 is 0 Å². The summed E-state index contributed by atoms with van der Waals surface area (Å²) in [5, 5.41) is 3.79. The molecular weight excluding hydrogens is 482 g/mol. The van der Waals surface area contributed by atoms with Crippen LogP contribution in [0.1, 0.15) is 44.6 Å². The van der Waals surface area contributed by atoms with Gasteiger partial charge in [-0.25, -0.2) is 9.97 Å². The molecule has 1 N–H and O–H groups in total. The quantitative estimate of drug-likeness (QED) is 0.322. The van der Waals surface area contributed by atoms with Gasteiger partial charge in [-0.15, -0.1) is 0 Å². The molecule has 0 bridgehead atoms. The SMILES string of the molecule is CC1CN(c2cc(Cl)nc(SCC(=O)NCCc3ccccc3)n2)CCN1C(=O)C1CCCCC1. The van der Waals surface area contributed by atoms with E-state index in [0.29, 0.717) is 42.4 Å². The van der Waals surface area contributed by atoms with Gasteiger partial charge in [-0.2, -0.15) is 0 Å². The average Bonchev–Trinajstić information content (AvgIpc) is 2.88. The molecule has 1 saturated heterocycles. The summed E-state index contributed by atoms with van der Waals surface area (Å²) in [6.07, 6.45) is 6.41. The molecule has 4 rings (SSSR count). The standard InChI is InChI=1S/C26H34ClN5O2S/c1-19-17-31(14-15-32(19)25(34)21-10-6-3-7-11-21)23-16-22(27)29-26(30-23)35-18-24(33)28-13-12-20-8-4-2-5-9-20/h2,4-5,8-9,16,19,21H,3,6-7,10-15,17-18H2,1H3,(H,28,33). The van der Waals surface area contributed by atoms with Gasteiger partial charge in [-0.3, -0.25) is 9.59 Å². The van der Waals surface area contributed by atoms with Crippen molar-refractivity contribution in [3.05, 3.63) is 47.1 Å². The number of carbonyl (C=O) groups excluding carboxylic acids is 2. The van der Waals surface area contributed by atoms with Gasteiger partial charge < -0.3 is 15.1 Å². The molecule has 1 unspecified atom stereocenters. The molecule has 1 aliphatic heterocycles. The minimum Gasteiger partial charge on any atom is -0.355 e. The highest BCUT2D eigenvalue weighted by atomic mass is 35.5. The van der Waals surface area contributed by atoms with E-state index in [1.807, 2.05) is 23.1 Å². The molecule has 1 aromatic carbocycles. The number of nitrogens with zero attached hydrogens (tertiary/aromatic N) is 4. The van der Waals surface area contributed by atoms with E-state index in [1.165, 1.54) is 23.7 Å². The summed E-state index contributed by atoms with van der Waals surface area (Å²) < 4.78 is 0. The third kappa shape index (κ3) is 7.34. The Morgan fingerprint density at radius 3 is 2.63 bits per heavy atom. The molecule has 2 fully saturated rings. The Bertz CT molecular complexity index is 1000. The van der Waals surface area contributed by atoms with Crippen LogP contribution in [0.15, 0.2) is 41.6 Å². The van der Waals surface area contributed by atoms with Crippen molar-refractivity contribution in [2.24, 2.45) is 5.92 Å². The van der Waals surface area contributed by atoms with Crippen LogP contribution in [0.4, 0.5) is 5.82 Å². The fraction of sp³-hybridized carbons (Fsp3) is 0.538. The van der Waals surface area contributed by atoms with Crippen LogP contribution in [0.25, 0.3) is 0 Å². The molecular formula is C26H34ClN5O2S. The summed E-state index contributed by atoms with van der Waals surface area (Å²) in [7, 11) is 0. The molecule has 188 valence electrons. The molecule has 0 spiro atoms. The van der Waals surface area contributed by atoms with E-state index in [2.05, 4.69) is 39.2 Å². The Morgan fingerprint density at radius 1 is 1.11 bits per heavy atom. The molecule has 2 aromatic rings. The number of anilines is 1. The van der Waals surface area contributed by atoms with E-state index >= 15 is 0 Å². The van der Waals surface area contributed by atoms with Gasteiger partial charge in [0.15, 0.2) is 5.16 Å². The normalized spacial score (nSPS) is 19.0. The van der Waals surface area contributed by atoms with Crippen molar-refractivity contribution in [1.29, 1.82) is 0 Å². The third-order valence-electron chi connectivity index (χ3n) is 6.76. The Morgan fingerprint density at radius 2 is 1.89 bits per heavy atom. The predicted molar refractivity (Wildman–Crippen MR) is 141 cm³/mol. The second-order valence-corrected chi connectivity index (χ2v) is 10.7. The lowest BCUT2D eigenvalue weighted by Crippen LogP contribution is -2.55. The second kappa shape index (κ2) is 12.6. The highest BCUT2D eigenvalue weighted by Crippen LogP contribution is 2.28. The zero-order valence-electron chi connectivity index (χ0n) is 20.3. The highest BCUT2D eigenvalue weighted by molar-refractivity contribution is 7.99. The Balaban J connectivity index is 1.27. The number of carbonyl (C=O) groups is 2. The van der Waals surface area contributed by atoms with E-state index in [9.17, 15) is 9.59 Å². The first kappa shape index (κ1) is 25.8. The van der Waals surface area contributed by atoms with Crippen molar-refractivity contribution in [1.82, 2.24) is 20.2 Å². The van der Waals surface area contributed by atoms with Crippen LogP contribution in [0, 0.1) is 5.92 Å². The van der Waals surface area contributed by atoms with E-state index in [0.717, 1.165) is 37.9 Å². The van der Waals surface area contributed by atoms with Gasteiger partial charge in [0.25, 0.3) is 0 Å². The molecule has 1 saturated carbocycles. The summed E-state index contributed by atoms with van der Waals surface area (Å²) in [5.74, 6) is 1.42. The van der Waals surface area contributed by atoms with E-state index < -0.39 is 0 Å². The minimum atomic E-state index is -0.0560. The predicted octanol–water partition coefficient (Wildman–Crippen LogP) is 4.20. The van der Waals surface area contributed by atoms with Crippen LogP contribution in [0.5, 0.6) is 0 Å². The number of halogens is 1. The molecule has 7 nitrogen and oxygen atoms in total. The minimum absolute atomic E-state index is 0.0560. The highest BCUT2D eigenvalue weighted by Gasteiger charge is 2.33. The van der Waals surface area contributed by atoms with Gasteiger partial charge in [0, 0.05) is 44.2 Å². The van der Waals surface area contributed by atoms with Crippen LogP contribution in [-0.4, -0.2) is 64.7 Å². The van der Waals surface area contributed by atoms with Crippen molar-refractivity contribution in [2.45, 2.75) is 56.6 Å². The molecule has 2 heterocycles. The number of hydrogen-bond donors (Lipinski definition) is 1. The van der Waals surface area contributed by atoms with Crippen molar-refractivity contribution in [3.8, 4) is 0 Å². The zero-order chi connectivity index (χ0) is 24.6. The Kier molecular flexibility index (Phi) is 9.26. The van der Waals surface area contributed by atoms with Gasteiger partial charge in [0.2, 0.25) is 11.8 Å². The van der Waals surface area contributed by atoms with Crippen LogP contribution >= 0.6 is 23.4 Å². The fourth-order valence-corrected chi connectivity index (χ4v) is 5.77. The van der Waals surface area contributed by atoms with Crippen molar-refractivity contribution in [2.75, 3.05) is 36.8 Å². The topological polar surface area (TPSA) is 78.4 Å². The molecule has 2 amide bonds. The lowest BCUT2D eigenvalue weighted by Gasteiger charge is -2.42. The summed E-state index contributed by atoms with van der Waals surface area (Å²) in [6, 6.07) is 11.9. The van der Waals surface area contributed by atoms with Gasteiger partial charge in [-0.05, 0) is 31.7 Å². The van der Waals surface area contributed by atoms with Gasteiger partial charge in [0.1, 0.15) is 11.0 Å². The van der Waals surface area contributed by atoms with Gasteiger partial charge in [0.05, 0.1) is 5.75 Å². The fourth-order valence-electron chi connectivity index (χ4n) is 4.86. The van der Waals surface area contributed by atoms with Crippen LogP contribution in [0.3, 0.4) is 0 Å². The molecule has 9 heteroatoms. The monoisotopic (exact) mass is 515 g/mol. The number of thioether (sulfide) groups is 1. The number of hydrogen-bond acceptors (Lipinski definition) is 6. The van der Waals surface area contributed by atoms with Crippen molar-refractivity contribution >= 4 is 41.0 Å². The first-order valence-corrected chi connectivity index (χ1v) is 13.9. The van der Waals surface area contributed by atoms with Crippen LogP contribution in [0.2, 0.25) is 5.15 Å². The van der Waals surface area contributed by atoms with Crippen LogP contribution in [-0.2, 0) is 16.0 Å². The lowest BCUT2D eigenvalue weighted by molar-refractivity contribution is -0.139. The van der Waals surface area contributed by atoms with E-state index in [1.54, 1.807) is 6.07 Å². The second-order valence-electron chi connectivity index (χ2n) is 9.37. The Hall–Kier alpha value is -2.32. The maximum atomic E-state index is 13.0. The van der Waals surface area contributed by atoms with Gasteiger partial charge in [-0.1, -0.05) is 73.0 Å². The summed E-state index contributed by atoms with van der Waals surface area (Å²) in [4.78, 5) is 38.5. The lowest BCUT2D eigenvalue weighted by atomic mass is 9.88.